The lowest BCUT2D eigenvalue weighted by Gasteiger charge is -2.19. The molecule has 1 atom stereocenters. The van der Waals surface area contributed by atoms with Crippen molar-refractivity contribution in [2.75, 3.05) is 0 Å². The standard InChI is InChI=1S/C22H16ClN3O4/c1-14(27)25-22(17-9-7-16(8-10-17)15-5-3-2-4-6-15)30-21(24-25)18-11-12-19(23)20(13-18)26(28)29/h2-13,22H,1H3/t22-/m0/s1. The van der Waals surface area contributed by atoms with Crippen LogP contribution in [0.2, 0.25) is 5.02 Å². The first-order valence-electron chi connectivity index (χ1n) is 9.09. The average molecular weight is 422 g/mol. The van der Waals surface area contributed by atoms with Crippen LogP contribution >= 0.6 is 11.6 Å². The summed E-state index contributed by atoms with van der Waals surface area (Å²) in [6, 6.07) is 21.8. The zero-order valence-electron chi connectivity index (χ0n) is 15.9. The molecule has 150 valence electrons. The van der Waals surface area contributed by atoms with Crippen molar-refractivity contribution in [3.63, 3.8) is 0 Å². The lowest BCUT2D eigenvalue weighted by Crippen LogP contribution is -2.25. The maximum atomic E-state index is 12.1. The van der Waals surface area contributed by atoms with Crippen LogP contribution < -0.4 is 0 Å². The Labute approximate surface area is 177 Å². The van der Waals surface area contributed by atoms with Crippen molar-refractivity contribution in [2.45, 2.75) is 13.2 Å². The van der Waals surface area contributed by atoms with Crippen LogP contribution in [0.15, 0.2) is 77.9 Å². The Morgan fingerprint density at radius 1 is 1.03 bits per heavy atom. The van der Waals surface area contributed by atoms with Gasteiger partial charge < -0.3 is 4.74 Å². The lowest BCUT2D eigenvalue weighted by molar-refractivity contribution is -0.384. The normalized spacial score (nSPS) is 15.5. The van der Waals surface area contributed by atoms with Crippen LogP contribution in [-0.2, 0) is 9.53 Å². The topological polar surface area (TPSA) is 85.0 Å². The van der Waals surface area contributed by atoms with E-state index in [0.29, 0.717) is 5.56 Å². The molecule has 0 N–H and O–H groups in total. The van der Waals surface area contributed by atoms with E-state index in [2.05, 4.69) is 5.10 Å². The highest BCUT2D eigenvalue weighted by Gasteiger charge is 2.33. The number of hydrazone groups is 1. The second-order valence-electron chi connectivity index (χ2n) is 6.65. The Morgan fingerprint density at radius 2 is 1.67 bits per heavy atom. The van der Waals surface area contributed by atoms with Gasteiger partial charge in [0, 0.05) is 24.1 Å². The number of ether oxygens (including phenoxy) is 1. The molecular weight excluding hydrogens is 406 g/mol. The molecule has 8 heteroatoms. The van der Waals surface area contributed by atoms with Crippen molar-refractivity contribution in [3.8, 4) is 11.1 Å². The maximum Gasteiger partial charge on any atom is 0.288 e. The summed E-state index contributed by atoms with van der Waals surface area (Å²) in [5.41, 5.74) is 2.93. The molecule has 0 aromatic heterocycles. The molecule has 1 heterocycles. The van der Waals surface area contributed by atoms with Crippen LogP contribution in [0.5, 0.6) is 0 Å². The fourth-order valence-corrected chi connectivity index (χ4v) is 3.34. The number of nitrogens with zero attached hydrogens (tertiary/aromatic N) is 3. The molecule has 0 fully saturated rings. The first kappa shape index (κ1) is 19.6. The number of rotatable bonds is 4. The number of nitro benzene ring substituents is 1. The Morgan fingerprint density at radius 3 is 2.30 bits per heavy atom. The molecule has 7 nitrogen and oxygen atoms in total. The summed E-state index contributed by atoms with van der Waals surface area (Å²) in [6.45, 7) is 1.38. The van der Waals surface area contributed by atoms with Gasteiger partial charge in [-0.05, 0) is 23.3 Å². The molecule has 4 rings (SSSR count). The molecule has 0 radical (unpaired) electrons. The van der Waals surface area contributed by atoms with Gasteiger partial charge in [0.1, 0.15) is 5.02 Å². The van der Waals surface area contributed by atoms with Crippen molar-refractivity contribution in [3.05, 3.63) is 99.1 Å². The van der Waals surface area contributed by atoms with Crippen LogP contribution in [0.1, 0.15) is 24.3 Å². The quantitative estimate of drug-likeness (QED) is 0.430. The van der Waals surface area contributed by atoms with E-state index in [1.54, 1.807) is 6.07 Å². The van der Waals surface area contributed by atoms with Crippen LogP contribution in [0.3, 0.4) is 0 Å². The van der Waals surface area contributed by atoms with Gasteiger partial charge >= 0.3 is 0 Å². The molecule has 1 aliphatic rings. The molecule has 1 aliphatic heterocycles. The summed E-state index contributed by atoms with van der Waals surface area (Å²) >= 11 is 5.88. The van der Waals surface area contributed by atoms with Gasteiger partial charge in [-0.15, -0.1) is 5.10 Å². The smallest absolute Gasteiger partial charge is 0.288 e. The molecule has 3 aromatic carbocycles. The van der Waals surface area contributed by atoms with Gasteiger partial charge in [-0.3, -0.25) is 14.9 Å². The maximum absolute atomic E-state index is 12.1. The third-order valence-electron chi connectivity index (χ3n) is 4.66. The zero-order valence-corrected chi connectivity index (χ0v) is 16.6. The van der Waals surface area contributed by atoms with E-state index in [-0.39, 0.29) is 22.5 Å². The summed E-state index contributed by atoms with van der Waals surface area (Å²) in [7, 11) is 0. The number of hydrogen-bond acceptors (Lipinski definition) is 5. The van der Waals surface area contributed by atoms with E-state index in [0.717, 1.165) is 16.7 Å². The minimum atomic E-state index is -0.767. The number of carbonyl (C=O) groups excluding carboxylic acids is 1. The van der Waals surface area contributed by atoms with Crippen molar-refractivity contribution in [1.82, 2.24) is 5.01 Å². The van der Waals surface area contributed by atoms with E-state index < -0.39 is 11.2 Å². The van der Waals surface area contributed by atoms with Gasteiger partial charge in [-0.2, -0.15) is 5.01 Å². The molecule has 0 unspecified atom stereocenters. The van der Waals surface area contributed by atoms with E-state index in [1.165, 1.54) is 24.1 Å². The van der Waals surface area contributed by atoms with Gasteiger partial charge in [-0.25, -0.2) is 0 Å². The summed E-state index contributed by atoms with van der Waals surface area (Å²) in [5.74, 6) is -0.201. The van der Waals surface area contributed by atoms with E-state index in [4.69, 9.17) is 16.3 Å². The van der Waals surface area contributed by atoms with Gasteiger partial charge in [0.25, 0.3) is 5.69 Å². The van der Waals surface area contributed by atoms with Gasteiger partial charge in [0.2, 0.25) is 18.0 Å². The van der Waals surface area contributed by atoms with E-state index >= 15 is 0 Å². The fourth-order valence-electron chi connectivity index (χ4n) is 3.16. The van der Waals surface area contributed by atoms with Gasteiger partial charge in [0.15, 0.2) is 0 Å². The van der Waals surface area contributed by atoms with Crippen molar-refractivity contribution in [2.24, 2.45) is 5.10 Å². The third-order valence-corrected chi connectivity index (χ3v) is 4.98. The molecule has 3 aromatic rings. The second kappa shape index (κ2) is 7.96. The molecule has 0 spiro atoms. The Hall–Kier alpha value is -3.71. The van der Waals surface area contributed by atoms with Crippen molar-refractivity contribution < 1.29 is 14.5 Å². The molecule has 1 amide bonds. The predicted molar refractivity (Wildman–Crippen MR) is 113 cm³/mol. The second-order valence-corrected chi connectivity index (χ2v) is 7.06. The number of carbonyl (C=O) groups is 1. The van der Waals surface area contributed by atoms with Gasteiger partial charge in [-0.1, -0.05) is 66.2 Å². The molecule has 0 saturated heterocycles. The first-order chi connectivity index (χ1) is 14.4. The Bertz CT molecular complexity index is 1150. The minimum absolute atomic E-state index is 0.0128. The molecule has 0 bridgehead atoms. The third kappa shape index (κ3) is 3.75. The highest BCUT2D eigenvalue weighted by molar-refractivity contribution is 6.32. The van der Waals surface area contributed by atoms with Crippen molar-refractivity contribution >= 4 is 29.1 Å². The summed E-state index contributed by atoms with van der Waals surface area (Å²) in [5, 5.41) is 16.6. The zero-order chi connectivity index (χ0) is 21.3. The van der Waals surface area contributed by atoms with E-state index in [9.17, 15) is 14.9 Å². The number of halogens is 1. The number of amides is 1. The molecule has 30 heavy (non-hydrogen) atoms. The van der Waals surface area contributed by atoms with Crippen molar-refractivity contribution in [1.29, 1.82) is 0 Å². The van der Waals surface area contributed by atoms with E-state index in [1.807, 2.05) is 54.6 Å². The number of benzene rings is 3. The van der Waals surface area contributed by atoms with Crippen LogP contribution in [0.25, 0.3) is 11.1 Å². The minimum Gasteiger partial charge on any atom is -0.446 e. The summed E-state index contributed by atoms with van der Waals surface area (Å²) in [6.07, 6.45) is -0.767. The Kier molecular flexibility index (Phi) is 5.20. The largest absolute Gasteiger partial charge is 0.446 e. The van der Waals surface area contributed by atoms with Crippen LogP contribution in [0, 0.1) is 10.1 Å². The Balaban J connectivity index is 1.64. The SMILES string of the molecule is CC(=O)N1N=C(c2ccc(Cl)c([N+](=O)[O-])c2)O[C@H]1c1ccc(-c2ccccc2)cc1. The monoisotopic (exact) mass is 421 g/mol. The summed E-state index contributed by atoms with van der Waals surface area (Å²) in [4.78, 5) is 22.7. The van der Waals surface area contributed by atoms with Crippen LogP contribution in [-0.4, -0.2) is 21.7 Å². The number of nitro groups is 1. The molecular formula is C22H16ClN3O4. The predicted octanol–water partition coefficient (Wildman–Crippen LogP) is 5.15. The number of hydrogen-bond donors (Lipinski definition) is 0. The van der Waals surface area contributed by atoms with Crippen LogP contribution in [0.4, 0.5) is 5.69 Å². The highest BCUT2D eigenvalue weighted by atomic mass is 35.5. The fraction of sp³-hybridized carbons (Fsp3) is 0.0909. The average Bonchev–Trinajstić information content (AvgIpc) is 3.20. The lowest BCUT2D eigenvalue weighted by atomic mass is 10.0. The molecule has 0 aliphatic carbocycles. The summed E-state index contributed by atoms with van der Waals surface area (Å²) < 4.78 is 5.92. The van der Waals surface area contributed by atoms with Gasteiger partial charge in [0.05, 0.1) is 4.92 Å². The highest BCUT2D eigenvalue weighted by Crippen LogP contribution is 2.33. The molecule has 0 saturated carbocycles. The first-order valence-corrected chi connectivity index (χ1v) is 9.46.